The molecule has 4 nitrogen and oxygen atoms in total. The van der Waals surface area contributed by atoms with Crippen LogP contribution in [0.3, 0.4) is 0 Å². The van der Waals surface area contributed by atoms with Crippen molar-refractivity contribution in [3.05, 3.63) is 17.9 Å². The molecule has 1 heterocycles. The van der Waals surface area contributed by atoms with E-state index in [-0.39, 0.29) is 11.9 Å². The number of nitrogens with one attached hydrogen (secondary N) is 1. The number of rotatable bonds is 5. The van der Waals surface area contributed by atoms with Gasteiger partial charge < -0.3 is 20.5 Å². The van der Waals surface area contributed by atoms with Crippen LogP contribution in [0.5, 0.6) is 5.75 Å². The minimum absolute atomic E-state index is 0.0762. The largest absolute Gasteiger partial charge is 0.488 e. The Morgan fingerprint density at radius 2 is 2.30 bits per heavy atom. The molecule has 0 aromatic heterocycles. The zero-order chi connectivity index (χ0) is 14.5. The van der Waals surface area contributed by atoms with Crippen molar-refractivity contribution < 1.29 is 13.9 Å². The van der Waals surface area contributed by atoms with Crippen molar-refractivity contribution >= 4 is 11.4 Å². The number of benzene rings is 1. The Labute approximate surface area is 119 Å². The zero-order valence-corrected chi connectivity index (χ0v) is 12.1. The van der Waals surface area contributed by atoms with E-state index in [2.05, 4.69) is 5.32 Å². The fraction of sp³-hybridized carbons (Fsp3) is 0.600. The van der Waals surface area contributed by atoms with Crippen molar-refractivity contribution in [3.63, 3.8) is 0 Å². The Morgan fingerprint density at radius 1 is 1.50 bits per heavy atom. The van der Waals surface area contributed by atoms with Crippen molar-refractivity contribution in [3.8, 4) is 5.75 Å². The average Bonchev–Trinajstić information content (AvgIpc) is 2.41. The van der Waals surface area contributed by atoms with Gasteiger partial charge in [-0.3, -0.25) is 0 Å². The van der Waals surface area contributed by atoms with Gasteiger partial charge in [-0.1, -0.05) is 0 Å². The van der Waals surface area contributed by atoms with Gasteiger partial charge in [-0.2, -0.15) is 0 Å². The lowest BCUT2D eigenvalue weighted by Gasteiger charge is -2.23. The number of nitrogen functional groups attached to an aromatic ring is 1. The Morgan fingerprint density at radius 3 is 2.95 bits per heavy atom. The molecule has 1 aromatic carbocycles. The van der Waals surface area contributed by atoms with Crippen LogP contribution in [0.25, 0.3) is 0 Å². The van der Waals surface area contributed by atoms with Crippen LogP contribution in [0.15, 0.2) is 12.1 Å². The molecule has 1 atom stereocenters. The van der Waals surface area contributed by atoms with Crippen LogP contribution < -0.4 is 15.8 Å². The molecule has 0 saturated carbocycles. The fourth-order valence-electron chi connectivity index (χ4n) is 2.29. The molecule has 112 valence electrons. The summed E-state index contributed by atoms with van der Waals surface area (Å²) in [5.41, 5.74) is 6.96. The van der Waals surface area contributed by atoms with E-state index in [0.29, 0.717) is 17.3 Å². The summed E-state index contributed by atoms with van der Waals surface area (Å²) in [5, 5.41) is 3.27. The third-order valence-electron chi connectivity index (χ3n) is 3.30. The molecule has 0 bridgehead atoms. The van der Waals surface area contributed by atoms with Crippen LogP contribution in [0.2, 0.25) is 0 Å². The highest BCUT2D eigenvalue weighted by atomic mass is 19.1. The highest BCUT2D eigenvalue weighted by Gasteiger charge is 2.15. The third-order valence-corrected chi connectivity index (χ3v) is 3.30. The Bertz CT molecular complexity index is 446. The summed E-state index contributed by atoms with van der Waals surface area (Å²) in [5.74, 6) is 0.280. The lowest BCUT2D eigenvalue weighted by atomic mass is 10.0. The summed E-state index contributed by atoms with van der Waals surface area (Å²) in [6.07, 6.45) is 2.16. The molecule has 0 spiro atoms. The normalized spacial score (nSPS) is 19.1. The molecular formula is C15H23FN2O2. The summed E-state index contributed by atoms with van der Waals surface area (Å²) in [6, 6.07) is 2.94. The predicted molar refractivity (Wildman–Crippen MR) is 78.6 cm³/mol. The van der Waals surface area contributed by atoms with Gasteiger partial charge in [0, 0.05) is 25.3 Å². The van der Waals surface area contributed by atoms with Gasteiger partial charge in [-0.15, -0.1) is 0 Å². The Hall–Kier alpha value is -1.49. The van der Waals surface area contributed by atoms with Crippen molar-refractivity contribution in [1.82, 2.24) is 0 Å². The van der Waals surface area contributed by atoms with E-state index in [1.165, 1.54) is 6.07 Å². The van der Waals surface area contributed by atoms with Gasteiger partial charge in [0.1, 0.15) is 0 Å². The minimum Gasteiger partial charge on any atom is -0.488 e. The topological polar surface area (TPSA) is 56.5 Å². The maximum absolute atomic E-state index is 13.7. The number of halogens is 1. The standard InChI is InChI=1S/C15H23FN2O2/c1-10(2)20-15-7-14(13(17)6-12(15)16)18-8-11-4-3-5-19-9-11/h6-7,10-11,18H,3-5,8-9,17H2,1-2H3. The second-order valence-corrected chi connectivity index (χ2v) is 5.50. The highest BCUT2D eigenvalue weighted by molar-refractivity contribution is 5.68. The van der Waals surface area contributed by atoms with Crippen molar-refractivity contribution in [2.24, 2.45) is 5.92 Å². The molecule has 1 aliphatic rings. The van der Waals surface area contributed by atoms with Gasteiger partial charge in [0.2, 0.25) is 0 Å². The molecule has 0 radical (unpaired) electrons. The van der Waals surface area contributed by atoms with E-state index >= 15 is 0 Å². The maximum Gasteiger partial charge on any atom is 0.167 e. The lowest BCUT2D eigenvalue weighted by molar-refractivity contribution is 0.0595. The van der Waals surface area contributed by atoms with E-state index in [9.17, 15) is 4.39 Å². The van der Waals surface area contributed by atoms with Gasteiger partial charge >= 0.3 is 0 Å². The van der Waals surface area contributed by atoms with E-state index < -0.39 is 5.82 Å². The quantitative estimate of drug-likeness (QED) is 0.815. The number of ether oxygens (including phenoxy) is 2. The SMILES string of the molecule is CC(C)Oc1cc(NCC2CCCOC2)c(N)cc1F. The monoisotopic (exact) mass is 282 g/mol. The Kier molecular flexibility index (Phi) is 5.06. The summed E-state index contributed by atoms with van der Waals surface area (Å²) < 4.78 is 24.6. The number of anilines is 2. The second kappa shape index (κ2) is 6.79. The van der Waals surface area contributed by atoms with Crippen LogP contribution in [0.4, 0.5) is 15.8 Å². The molecule has 1 aliphatic heterocycles. The van der Waals surface area contributed by atoms with E-state index in [4.69, 9.17) is 15.2 Å². The molecular weight excluding hydrogens is 259 g/mol. The van der Waals surface area contributed by atoms with Gasteiger partial charge in [-0.25, -0.2) is 4.39 Å². The maximum atomic E-state index is 13.7. The third kappa shape index (κ3) is 4.00. The average molecular weight is 282 g/mol. The molecule has 1 aromatic rings. The summed E-state index contributed by atoms with van der Waals surface area (Å²) in [4.78, 5) is 0. The predicted octanol–water partition coefficient (Wildman–Crippen LogP) is 3.03. The molecule has 1 saturated heterocycles. The molecule has 1 fully saturated rings. The lowest BCUT2D eigenvalue weighted by Crippen LogP contribution is -2.24. The van der Waals surface area contributed by atoms with Crippen LogP contribution in [0.1, 0.15) is 26.7 Å². The van der Waals surface area contributed by atoms with Crippen molar-refractivity contribution in [2.45, 2.75) is 32.8 Å². The van der Waals surface area contributed by atoms with E-state index in [1.807, 2.05) is 13.8 Å². The molecule has 0 aliphatic carbocycles. The first-order chi connectivity index (χ1) is 9.56. The molecule has 2 rings (SSSR count). The summed E-state index contributed by atoms with van der Waals surface area (Å²) >= 11 is 0. The van der Waals surface area contributed by atoms with Crippen molar-refractivity contribution in [2.75, 3.05) is 30.8 Å². The van der Waals surface area contributed by atoms with Crippen LogP contribution in [0, 0.1) is 11.7 Å². The van der Waals surface area contributed by atoms with Gasteiger partial charge in [-0.05, 0) is 32.6 Å². The van der Waals surface area contributed by atoms with E-state index in [0.717, 1.165) is 32.6 Å². The van der Waals surface area contributed by atoms with Crippen LogP contribution in [-0.4, -0.2) is 25.9 Å². The molecule has 20 heavy (non-hydrogen) atoms. The first kappa shape index (κ1) is 14.9. The van der Waals surface area contributed by atoms with Gasteiger partial charge in [0.15, 0.2) is 11.6 Å². The van der Waals surface area contributed by atoms with Crippen LogP contribution in [-0.2, 0) is 4.74 Å². The number of hydrogen-bond donors (Lipinski definition) is 2. The smallest absolute Gasteiger partial charge is 0.167 e. The first-order valence-electron chi connectivity index (χ1n) is 7.13. The molecule has 5 heteroatoms. The zero-order valence-electron chi connectivity index (χ0n) is 12.1. The number of hydrogen-bond acceptors (Lipinski definition) is 4. The highest BCUT2D eigenvalue weighted by Crippen LogP contribution is 2.29. The Balaban J connectivity index is 2.02. The van der Waals surface area contributed by atoms with Gasteiger partial charge in [0.25, 0.3) is 0 Å². The summed E-state index contributed by atoms with van der Waals surface area (Å²) in [7, 11) is 0. The van der Waals surface area contributed by atoms with Crippen LogP contribution >= 0.6 is 0 Å². The van der Waals surface area contributed by atoms with Crippen molar-refractivity contribution in [1.29, 1.82) is 0 Å². The molecule has 1 unspecified atom stereocenters. The first-order valence-corrected chi connectivity index (χ1v) is 7.13. The molecule has 0 amide bonds. The van der Waals surface area contributed by atoms with E-state index in [1.54, 1.807) is 6.07 Å². The van der Waals surface area contributed by atoms with Gasteiger partial charge in [0.05, 0.1) is 24.1 Å². The second-order valence-electron chi connectivity index (χ2n) is 5.50. The summed E-state index contributed by atoms with van der Waals surface area (Å²) in [6.45, 7) is 6.12. The minimum atomic E-state index is -0.428. The number of nitrogens with two attached hydrogens (primary N) is 1. The molecule has 3 N–H and O–H groups in total. The fourth-order valence-corrected chi connectivity index (χ4v) is 2.29.